The molecule has 0 unspecified atom stereocenters. The number of aryl methyl sites for hydroxylation is 2. The molecule has 23 heavy (non-hydrogen) atoms. The van der Waals surface area contributed by atoms with Crippen LogP contribution in [0.15, 0.2) is 24.3 Å². The van der Waals surface area contributed by atoms with E-state index in [0.29, 0.717) is 31.9 Å². The maximum absolute atomic E-state index is 13.8. The van der Waals surface area contributed by atoms with Gasteiger partial charge in [-0.2, -0.15) is 10.4 Å². The topological polar surface area (TPSA) is 54.1 Å². The molecule has 1 aliphatic heterocycles. The van der Waals surface area contributed by atoms with Crippen molar-refractivity contribution in [2.24, 2.45) is 0 Å². The highest BCUT2D eigenvalue weighted by atomic mass is 19.1. The molecule has 1 aliphatic rings. The summed E-state index contributed by atoms with van der Waals surface area (Å²) < 4.78 is 21.6. The average Bonchev–Trinajstić information content (AvgIpc) is 2.85. The second-order valence-electron chi connectivity index (χ2n) is 5.79. The van der Waals surface area contributed by atoms with Gasteiger partial charge in [0.15, 0.2) is 0 Å². The van der Waals surface area contributed by atoms with Crippen molar-refractivity contribution in [2.45, 2.75) is 26.5 Å². The molecular formula is C17H19FN4O. The first-order chi connectivity index (χ1) is 11.1. The Morgan fingerprint density at radius 3 is 2.96 bits per heavy atom. The number of aromatic nitrogens is 2. The summed E-state index contributed by atoms with van der Waals surface area (Å²) in [4.78, 5) is 2.02. The van der Waals surface area contributed by atoms with Crippen LogP contribution in [0, 0.1) is 31.0 Å². The van der Waals surface area contributed by atoms with E-state index in [-0.39, 0.29) is 11.7 Å². The van der Waals surface area contributed by atoms with Crippen LogP contribution in [-0.4, -0.2) is 35.6 Å². The minimum Gasteiger partial charge on any atom is -0.373 e. The van der Waals surface area contributed by atoms with Crippen molar-refractivity contribution in [3.63, 3.8) is 0 Å². The van der Waals surface area contributed by atoms with Crippen LogP contribution < -0.4 is 4.90 Å². The standard InChI is InChI=1S/C17H19FN4O/c1-12-8-13(2)22(20-12)11-14-10-21(6-7-23-14)17-5-3-4-16(18)15(17)9-19/h3-5,8,14H,6-7,10-11H2,1-2H3/t14-/m1/s1. The highest BCUT2D eigenvalue weighted by molar-refractivity contribution is 5.60. The smallest absolute Gasteiger partial charge is 0.143 e. The number of halogens is 1. The predicted molar refractivity (Wildman–Crippen MR) is 84.8 cm³/mol. The van der Waals surface area contributed by atoms with Crippen molar-refractivity contribution in [2.75, 3.05) is 24.6 Å². The minimum absolute atomic E-state index is 0.0449. The van der Waals surface area contributed by atoms with E-state index in [1.807, 2.05) is 35.6 Å². The van der Waals surface area contributed by atoms with Crippen molar-refractivity contribution >= 4 is 5.69 Å². The van der Waals surface area contributed by atoms with Crippen LogP contribution in [-0.2, 0) is 11.3 Å². The van der Waals surface area contributed by atoms with Crippen molar-refractivity contribution in [1.29, 1.82) is 5.26 Å². The third-order valence-corrected chi connectivity index (χ3v) is 4.06. The first-order valence-corrected chi connectivity index (χ1v) is 7.64. The van der Waals surface area contributed by atoms with E-state index in [4.69, 9.17) is 4.74 Å². The lowest BCUT2D eigenvalue weighted by Gasteiger charge is -2.35. The Morgan fingerprint density at radius 2 is 2.26 bits per heavy atom. The lowest BCUT2D eigenvalue weighted by atomic mass is 10.1. The monoisotopic (exact) mass is 314 g/mol. The SMILES string of the molecule is Cc1cc(C)n(C[C@H]2CN(c3cccc(F)c3C#N)CCO2)n1. The van der Waals surface area contributed by atoms with Crippen LogP contribution in [0.5, 0.6) is 0 Å². The third-order valence-electron chi connectivity index (χ3n) is 4.06. The molecule has 5 nitrogen and oxygen atoms in total. The molecule has 1 fully saturated rings. The number of ether oxygens (including phenoxy) is 1. The Hall–Kier alpha value is -2.39. The molecule has 0 saturated carbocycles. The molecule has 0 N–H and O–H groups in total. The van der Waals surface area contributed by atoms with Gasteiger partial charge in [-0.25, -0.2) is 4.39 Å². The van der Waals surface area contributed by atoms with Crippen molar-refractivity contribution in [3.05, 3.63) is 47.0 Å². The molecule has 0 amide bonds. The zero-order chi connectivity index (χ0) is 16.4. The van der Waals surface area contributed by atoms with Gasteiger partial charge < -0.3 is 9.64 Å². The molecule has 0 bridgehead atoms. The zero-order valence-electron chi connectivity index (χ0n) is 13.3. The number of nitrogens with zero attached hydrogens (tertiary/aromatic N) is 4. The van der Waals surface area contributed by atoms with E-state index in [0.717, 1.165) is 11.4 Å². The molecule has 1 aromatic carbocycles. The fraction of sp³-hybridized carbons (Fsp3) is 0.412. The quantitative estimate of drug-likeness (QED) is 0.873. The summed E-state index contributed by atoms with van der Waals surface area (Å²) in [5, 5.41) is 13.7. The second kappa shape index (κ2) is 6.39. The summed E-state index contributed by atoms with van der Waals surface area (Å²) >= 11 is 0. The molecule has 0 radical (unpaired) electrons. The first kappa shape index (κ1) is 15.5. The molecule has 0 aliphatic carbocycles. The maximum Gasteiger partial charge on any atom is 0.143 e. The van der Waals surface area contributed by atoms with Crippen LogP contribution in [0.25, 0.3) is 0 Å². The first-order valence-electron chi connectivity index (χ1n) is 7.64. The number of benzene rings is 1. The number of nitriles is 1. The molecule has 0 spiro atoms. The maximum atomic E-state index is 13.8. The van der Waals surface area contributed by atoms with E-state index in [9.17, 15) is 9.65 Å². The van der Waals surface area contributed by atoms with Gasteiger partial charge in [0.25, 0.3) is 0 Å². The summed E-state index contributed by atoms with van der Waals surface area (Å²) in [6.07, 6.45) is -0.0449. The fourth-order valence-corrected chi connectivity index (χ4v) is 2.99. The van der Waals surface area contributed by atoms with E-state index in [1.54, 1.807) is 12.1 Å². The van der Waals surface area contributed by atoms with E-state index in [1.165, 1.54) is 6.07 Å². The molecular weight excluding hydrogens is 295 g/mol. The zero-order valence-corrected chi connectivity index (χ0v) is 13.3. The molecule has 1 atom stereocenters. The number of rotatable bonds is 3. The van der Waals surface area contributed by atoms with Crippen molar-refractivity contribution in [1.82, 2.24) is 9.78 Å². The molecule has 2 aromatic rings. The predicted octanol–water partition coefficient (Wildman–Crippen LogP) is 2.42. The van der Waals surface area contributed by atoms with Crippen LogP contribution in [0.4, 0.5) is 10.1 Å². The third kappa shape index (κ3) is 3.20. The average molecular weight is 314 g/mol. The molecule has 6 heteroatoms. The molecule has 3 rings (SSSR count). The number of hydrogen-bond acceptors (Lipinski definition) is 4. The second-order valence-corrected chi connectivity index (χ2v) is 5.79. The Balaban J connectivity index is 1.78. The van der Waals surface area contributed by atoms with Crippen LogP contribution in [0.1, 0.15) is 17.0 Å². The molecule has 120 valence electrons. The molecule has 1 saturated heterocycles. The van der Waals surface area contributed by atoms with Gasteiger partial charge in [0.1, 0.15) is 17.4 Å². The van der Waals surface area contributed by atoms with Gasteiger partial charge in [-0.1, -0.05) is 6.07 Å². The Morgan fingerprint density at radius 1 is 1.43 bits per heavy atom. The molecule has 2 heterocycles. The number of morpholine rings is 1. The van der Waals surface area contributed by atoms with Gasteiger partial charge in [-0.15, -0.1) is 0 Å². The largest absolute Gasteiger partial charge is 0.373 e. The Kier molecular flexibility index (Phi) is 4.30. The molecule has 1 aromatic heterocycles. The summed E-state index contributed by atoms with van der Waals surface area (Å²) in [6, 6.07) is 8.73. The van der Waals surface area contributed by atoms with Gasteiger partial charge in [0, 0.05) is 18.8 Å². The summed E-state index contributed by atoms with van der Waals surface area (Å²) in [6.45, 7) is 6.42. The van der Waals surface area contributed by atoms with Crippen LogP contribution in [0.2, 0.25) is 0 Å². The van der Waals surface area contributed by atoms with E-state index in [2.05, 4.69) is 5.10 Å². The highest BCUT2D eigenvalue weighted by Crippen LogP contribution is 2.24. The van der Waals surface area contributed by atoms with Gasteiger partial charge in [0.2, 0.25) is 0 Å². The van der Waals surface area contributed by atoms with Gasteiger partial charge >= 0.3 is 0 Å². The highest BCUT2D eigenvalue weighted by Gasteiger charge is 2.24. The van der Waals surface area contributed by atoms with Gasteiger partial charge in [-0.05, 0) is 32.0 Å². The fourth-order valence-electron chi connectivity index (χ4n) is 2.99. The summed E-state index contributed by atoms with van der Waals surface area (Å²) in [5.74, 6) is -0.480. The number of hydrogen-bond donors (Lipinski definition) is 0. The number of anilines is 1. The lowest BCUT2D eigenvalue weighted by molar-refractivity contribution is 0.0270. The van der Waals surface area contributed by atoms with Crippen molar-refractivity contribution in [3.8, 4) is 6.07 Å². The summed E-state index contributed by atoms with van der Waals surface area (Å²) in [7, 11) is 0. The Labute approximate surface area is 134 Å². The van der Waals surface area contributed by atoms with Gasteiger partial charge in [0.05, 0.1) is 30.6 Å². The van der Waals surface area contributed by atoms with Crippen molar-refractivity contribution < 1.29 is 9.13 Å². The minimum atomic E-state index is -0.480. The lowest BCUT2D eigenvalue weighted by Crippen LogP contribution is -2.44. The van der Waals surface area contributed by atoms with E-state index < -0.39 is 5.82 Å². The van der Waals surface area contributed by atoms with Gasteiger partial charge in [-0.3, -0.25) is 4.68 Å². The Bertz CT molecular complexity index is 750. The van der Waals surface area contributed by atoms with Crippen LogP contribution in [0.3, 0.4) is 0 Å². The summed E-state index contributed by atoms with van der Waals surface area (Å²) in [5.41, 5.74) is 2.80. The van der Waals surface area contributed by atoms with Crippen LogP contribution >= 0.6 is 0 Å². The normalized spacial score (nSPS) is 18.0. The van der Waals surface area contributed by atoms with E-state index >= 15 is 0 Å².